The summed E-state index contributed by atoms with van der Waals surface area (Å²) < 4.78 is 19.6. The second-order valence-electron chi connectivity index (χ2n) is 2.53. The Morgan fingerprint density at radius 1 is 1.54 bits per heavy atom. The van der Waals surface area contributed by atoms with Gasteiger partial charge in [-0.15, -0.1) is 0 Å². The highest BCUT2D eigenvalue weighted by Crippen LogP contribution is 2.44. The molecule has 0 heterocycles. The first kappa shape index (κ1) is 12.4. The summed E-state index contributed by atoms with van der Waals surface area (Å²) >= 11 is 0. The third-order valence-electron chi connectivity index (χ3n) is 0.852. The van der Waals surface area contributed by atoms with E-state index in [0.717, 1.165) is 6.08 Å². The molecule has 0 saturated heterocycles. The van der Waals surface area contributed by atoms with Crippen molar-refractivity contribution in [2.45, 2.75) is 26.9 Å². The van der Waals surface area contributed by atoms with Crippen molar-refractivity contribution in [3.8, 4) is 0 Å². The molecule has 0 fully saturated rings. The molecule has 5 nitrogen and oxygen atoms in total. The number of allylic oxidation sites excluding steroid dienone is 1. The Kier molecular flexibility index (Phi) is 4.91. The lowest BCUT2D eigenvalue weighted by atomic mass is 10.5. The van der Waals surface area contributed by atoms with E-state index in [-0.39, 0.29) is 0 Å². The van der Waals surface area contributed by atoms with Gasteiger partial charge in [-0.25, -0.2) is 9.36 Å². The summed E-state index contributed by atoms with van der Waals surface area (Å²) in [4.78, 5) is 19.7. The predicted molar refractivity (Wildman–Crippen MR) is 47.0 cm³/mol. The molecule has 6 heteroatoms. The Hall–Kier alpha value is -0.640. The van der Waals surface area contributed by atoms with E-state index in [9.17, 15) is 9.36 Å². The van der Waals surface area contributed by atoms with Gasteiger partial charge >= 0.3 is 13.8 Å². The number of carbonyl (C=O) groups is 1. The van der Waals surface area contributed by atoms with E-state index < -0.39 is 19.9 Å². The van der Waals surface area contributed by atoms with Crippen LogP contribution >= 0.6 is 7.82 Å². The molecule has 1 unspecified atom stereocenters. The molecule has 0 aliphatic carbocycles. The molecule has 0 aromatic rings. The van der Waals surface area contributed by atoms with Crippen molar-refractivity contribution in [2.75, 3.05) is 0 Å². The van der Waals surface area contributed by atoms with Crippen LogP contribution < -0.4 is 0 Å². The fourth-order valence-electron chi connectivity index (χ4n) is 0.568. The molecule has 13 heavy (non-hydrogen) atoms. The van der Waals surface area contributed by atoms with Crippen molar-refractivity contribution in [3.63, 3.8) is 0 Å². The zero-order valence-corrected chi connectivity index (χ0v) is 8.65. The highest BCUT2D eigenvalue weighted by Gasteiger charge is 2.26. The van der Waals surface area contributed by atoms with Gasteiger partial charge in [-0.3, -0.25) is 9.42 Å². The van der Waals surface area contributed by atoms with Gasteiger partial charge in [0.1, 0.15) is 0 Å². The van der Waals surface area contributed by atoms with E-state index in [0.29, 0.717) is 0 Å². The molecule has 0 bridgehead atoms. The lowest BCUT2D eigenvalue weighted by molar-refractivity contribution is -0.130. The largest absolute Gasteiger partial charge is 0.530 e. The number of phosphoric ester groups is 1. The summed E-state index contributed by atoms with van der Waals surface area (Å²) in [5, 5.41) is 0. The quantitative estimate of drug-likeness (QED) is 0.561. The number of carbonyl (C=O) groups excluding carboxylic acids is 1. The molecular formula is C7H13O5P. The van der Waals surface area contributed by atoms with Crippen LogP contribution in [-0.2, 0) is 18.4 Å². The number of phosphoric acid groups is 1. The van der Waals surface area contributed by atoms with Crippen LogP contribution in [0.25, 0.3) is 0 Å². The second-order valence-corrected chi connectivity index (χ2v) is 3.86. The van der Waals surface area contributed by atoms with Crippen LogP contribution in [0.1, 0.15) is 20.8 Å². The summed E-state index contributed by atoms with van der Waals surface area (Å²) in [5.41, 5.74) is 0. The third-order valence-corrected chi connectivity index (χ3v) is 1.95. The molecule has 0 radical (unpaired) electrons. The van der Waals surface area contributed by atoms with Crippen molar-refractivity contribution in [1.29, 1.82) is 0 Å². The van der Waals surface area contributed by atoms with Crippen molar-refractivity contribution in [1.82, 2.24) is 0 Å². The van der Waals surface area contributed by atoms with Gasteiger partial charge in [-0.2, -0.15) is 0 Å². The maximum atomic E-state index is 11.0. The van der Waals surface area contributed by atoms with Gasteiger partial charge in [-0.05, 0) is 20.8 Å². The summed E-state index contributed by atoms with van der Waals surface area (Å²) in [6, 6.07) is 0. The summed E-state index contributed by atoms with van der Waals surface area (Å²) in [6.07, 6.45) is 1.96. The second kappa shape index (κ2) is 5.17. The minimum Gasteiger partial charge on any atom is -0.367 e. The van der Waals surface area contributed by atoms with E-state index in [1.807, 2.05) is 0 Å². The molecule has 0 aromatic carbocycles. The molecule has 0 aliphatic heterocycles. The van der Waals surface area contributed by atoms with E-state index in [1.165, 1.54) is 6.08 Å². The predicted octanol–water partition coefficient (Wildman–Crippen LogP) is 1.63. The van der Waals surface area contributed by atoms with Gasteiger partial charge in [0.25, 0.3) is 0 Å². The average Bonchev–Trinajstić information content (AvgIpc) is 1.81. The molecule has 76 valence electrons. The highest BCUT2D eigenvalue weighted by molar-refractivity contribution is 7.48. The molecule has 0 rings (SSSR count). The van der Waals surface area contributed by atoms with Crippen LogP contribution in [0.5, 0.6) is 0 Å². The first-order chi connectivity index (χ1) is 5.87. The number of rotatable bonds is 4. The minimum atomic E-state index is -4.24. The summed E-state index contributed by atoms with van der Waals surface area (Å²) in [6.45, 7) is 4.71. The van der Waals surface area contributed by atoms with Crippen LogP contribution in [-0.4, -0.2) is 17.0 Å². The lowest BCUT2D eigenvalue weighted by Crippen LogP contribution is -2.05. The molecule has 0 saturated carbocycles. The molecular weight excluding hydrogens is 195 g/mol. The van der Waals surface area contributed by atoms with Gasteiger partial charge in [0, 0.05) is 6.08 Å². The molecule has 1 atom stereocenters. The Labute approximate surface area is 77.0 Å². The van der Waals surface area contributed by atoms with E-state index in [2.05, 4.69) is 9.05 Å². The molecule has 0 spiro atoms. The zero-order valence-electron chi connectivity index (χ0n) is 7.76. The van der Waals surface area contributed by atoms with Gasteiger partial charge in [0.05, 0.1) is 6.10 Å². The highest BCUT2D eigenvalue weighted by atomic mass is 31.2. The van der Waals surface area contributed by atoms with Crippen molar-refractivity contribution in [2.24, 2.45) is 0 Å². The molecule has 1 N–H and O–H groups in total. The van der Waals surface area contributed by atoms with Crippen LogP contribution in [0, 0.1) is 0 Å². The normalized spacial score (nSPS) is 16.1. The van der Waals surface area contributed by atoms with Crippen LogP contribution in [0.15, 0.2) is 12.2 Å². The summed E-state index contributed by atoms with van der Waals surface area (Å²) in [5.74, 6) is -0.894. The third kappa shape index (κ3) is 6.51. The van der Waals surface area contributed by atoms with Crippen molar-refractivity contribution in [3.05, 3.63) is 12.2 Å². The Balaban J connectivity index is 4.17. The van der Waals surface area contributed by atoms with E-state index >= 15 is 0 Å². The van der Waals surface area contributed by atoms with Gasteiger partial charge in [0.2, 0.25) is 0 Å². The van der Waals surface area contributed by atoms with Crippen LogP contribution in [0.3, 0.4) is 0 Å². The van der Waals surface area contributed by atoms with Gasteiger partial charge in [0.15, 0.2) is 0 Å². The average molecular weight is 208 g/mol. The monoisotopic (exact) mass is 208 g/mol. The fourth-order valence-corrected chi connectivity index (χ4v) is 1.43. The van der Waals surface area contributed by atoms with E-state index in [1.54, 1.807) is 20.8 Å². The SMILES string of the molecule is CC=CC(=O)OP(=O)(O)OC(C)C. The fraction of sp³-hybridized carbons (Fsp3) is 0.571. The van der Waals surface area contributed by atoms with Gasteiger partial charge in [-0.1, -0.05) is 6.08 Å². The van der Waals surface area contributed by atoms with Crippen LogP contribution in [0.4, 0.5) is 0 Å². The maximum Gasteiger partial charge on any atom is 0.530 e. The first-order valence-corrected chi connectivity index (χ1v) is 5.24. The topological polar surface area (TPSA) is 72.8 Å². The minimum absolute atomic E-state index is 0.478. The number of hydrogen-bond acceptors (Lipinski definition) is 4. The molecule has 0 aliphatic rings. The number of hydrogen-bond donors (Lipinski definition) is 1. The smallest absolute Gasteiger partial charge is 0.367 e. The lowest BCUT2D eigenvalue weighted by Gasteiger charge is -2.12. The Bertz CT molecular complexity index is 245. The van der Waals surface area contributed by atoms with Crippen molar-refractivity contribution < 1.29 is 23.3 Å². The zero-order chi connectivity index (χ0) is 10.5. The molecule has 0 aromatic heterocycles. The van der Waals surface area contributed by atoms with Crippen molar-refractivity contribution >= 4 is 13.8 Å². The summed E-state index contributed by atoms with van der Waals surface area (Å²) in [7, 11) is -4.24. The van der Waals surface area contributed by atoms with E-state index in [4.69, 9.17) is 4.89 Å². The molecule has 0 amide bonds. The Morgan fingerprint density at radius 2 is 2.08 bits per heavy atom. The van der Waals surface area contributed by atoms with Gasteiger partial charge < -0.3 is 4.52 Å². The first-order valence-electron chi connectivity index (χ1n) is 3.75. The maximum absolute atomic E-state index is 11.0. The standard InChI is InChI=1S/C7H13O5P/c1-4-5-7(8)12-13(9,10)11-6(2)3/h4-6H,1-3H3,(H,9,10). The Morgan fingerprint density at radius 3 is 2.46 bits per heavy atom. The van der Waals surface area contributed by atoms with Crippen LogP contribution in [0.2, 0.25) is 0 Å².